The van der Waals surface area contributed by atoms with Crippen molar-refractivity contribution in [2.45, 2.75) is 31.3 Å². The second-order valence-electron chi connectivity index (χ2n) is 2.91. The van der Waals surface area contributed by atoms with Gasteiger partial charge in [0, 0.05) is 0 Å². The second-order valence-corrected chi connectivity index (χ2v) is 2.91. The molecule has 3 N–H and O–H groups in total. The molecule has 0 amide bonds. The summed E-state index contributed by atoms with van der Waals surface area (Å²) in [6.07, 6.45) is -1.76. The first-order chi connectivity index (χ1) is 5.16. The van der Waals surface area contributed by atoms with Crippen molar-refractivity contribution >= 4 is 0 Å². The van der Waals surface area contributed by atoms with Crippen LogP contribution in [0.25, 0.3) is 0 Å². The first-order valence-electron chi connectivity index (χ1n) is 3.82. The van der Waals surface area contributed by atoms with Crippen LogP contribution < -0.4 is 5.32 Å². The third-order valence-corrected chi connectivity index (χ3v) is 2.15. The zero-order valence-corrected chi connectivity index (χ0v) is 6.82. The van der Waals surface area contributed by atoms with Crippen LogP contribution in [0.1, 0.15) is 6.92 Å². The number of rotatable bonds is 1. The third kappa shape index (κ3) is 1.70. The van der Waals surface area contributed by atoms with Crippen molar-refractivity contribution in [3.63, 3.8) is 0 Å². The Morgan fingerprint density at radius 1 is 1.36 bits per heavy atom. The molecule has 0 aromatic heterocycles. The number of ether oxygens (including phenoxy) is 1. The van der Waals surface area contributed by atoms with Crippen LogP contribution in [0.2, 0.25) is 0 Å². The molecule has 1 aliphatic heterocycles. The van der Waals surface area contributed by atoms with Gasteiger partial charge in [-0.05, 0) is 14.0 Å². The van der Waals surface area contributed by atoms with Gasteiger partial charge in [0.25, 0.3) is 0 Å². The molecule has 4 atom stereocenters. The summed E-state index contributed by atoms with van der Waals surface area (Å²) in [5.41, 5.74) is 0. The van der Waals surface area contributed by atoms with Crippen LogP contribution in [0.15, 0.2) is 0 Å². The van der Waals surface area contributed by atoms with Crippen LogP contribution in [0.5, 0.6) is 0 Å². The minimum Gasteiger partial charge on any atom is -0.389 e. The maximum atomic E-state index is 9.42. The lowest BCUT2D eigenvalue weighted by atomic mass is 9.99. The van der Waals surface area contributed by atoms with Gasteiger partial charge in [0.1, 0.15) is 6.10 Å². The normalized spacial score (nSPS) is 45.8. The van der Waals surface area contributed by atoms with E-state index in [4.69, 9.17) is 4.74 Å². The predicted molar refractivity (Wildman–Crippen MR) is 40.3 cm³/mol. The van der Waals surface area contributed by atoms with E-state index in [0.717, 1.165) is 0 Å². The van der Waals surface area contributed by atoms with Gasteiger partial charge in [0.05, 0.1) is 24.9 Å². The van der Waals surface area contributed by atoms with Crippen molar-refractivity contribution < 1.29 is 14.9 Å². The minimum atomic E-state index is -0.777. The smallest absolute Gasteiger partial charge is 0.107 e. The highest BCUT2D eigenvalue weighted by molar-refractivity contribution is 4.87. The first-order valence-corrected chi connectivity index (χ1v) is 3.82. The lowest BCUT2D eigenvalue weighted by molar-refractivity contribution is -0.142. The van der Waals surface area contributed by atoms with Gasteiger partial charge in [0.15, 0.2) is 0 Å². The van der Waals surface area contributed by atoms with E-state index in [9.17, 15) is 10.2 Å². The van der Waals surface area contributed by atoms with E-state index in [2.05, 4.69) is 5.32 Å². The summed E-state index contributed by atoms with van der Waals surface area (Å²) < 4.78 is 5.19. The van der Waals surface area contributed by atoms with E-state index in [1.54, 1.807) is 14.0 Å². The Balaban J connectivity index is 2.52. The van der Waals surface area contributed by atoms with Crippen molar-refractivity contribution in [2.24, 2.45) is 0 Å². The fraction of sp³-hybridized carbons (Fsp3) is 1.00. The number of nitrogens with one attached hydrogen (secondary N) is 1. The van der Waals surface area contributed by atoms with Crippen molar-refractivity contribution in [2.75, 3.05) is 13.7 Å². The highest BCUT2D eigenvalue weighted by atomic mass is 16.5. The Bertz CT molecular complexity index is 129. The molecule has 1 unspecified atom stereocenters. The molecule has 11 heavy (non-hydrogen) atoms. The highest BCUT2D eigenvalue weighted by Crippen LogP contribution is 2.14. The molecule has 4 heteroatoms. The summed E-state index contributed by atoms with van der Waals surface area (Å²) in [6, 6.07) is -0.152. The van der Waals surface area contributed by atoms with Crippen LogP contribution in [0.4, 0.5) is 0 Å². The molecule has 0 saturated carbocycles. The predicted octanol–water partition coefficient (Wildman–Crippen LogP) is -1.29. The van der Waals surface area contributed by atoms with Crippen molar-refractivity contribution in [3.8, 4) is 0 Å². The highest BCUT2D eigenvalue weighted by Gasteiger charge is 2.34. The lowest BCUT2D eigenvalue weighted by Crippen LogP contribution is -2.56. The molecule has 1 heterocycles. The van der Waals surface area contributed by atoms with Crippen LogP contribution in [-0.2, 0) is 4.74 Å². The molecule has 4 nitrogen and oxygen atoms in total. The van der Waals surface area contributed by atoms with E-state index < -0.39 is 12.2 Å². The van der Waals surface area contributed by atoms with Gasteiger partial charge >= 0.3 is 0 Å². The molecule has 1 saturated heterocycles. The Hall–Kier alpha value is -0.160. The molecule has 1 aliphatic rings. The fourth-order valence-corrected chi connectivity index (χ4v) is 1.22. The van der Waals surface area contributed by atoms with Crippen molar-refractivity contribution in [1.82, 2.24) is 5.32 Å². The van der Waals surface area contributed by atoms with E-state index in [1.165, 1.54) is 0 Å². The zero-order valence-electron chi connectivity index (χ0n) is 6.82. The molecule has 0 spiro atoms. The van der Waals surface area contributed by atoms with Crippen molar-refractivity contribution in [3.05, 3.63) is 0 Å². The summed E-state index contributed by atoms with van der Waals surface area (Å²) in [6.45, 7) is 2.20. The maximum Gasteiger partial charge on any atom is 0.107 e. The average Bonchev–Trinajstić information content (AvgIpc) is 2.01. The molecule has 0 aromatic rings. The SMILES string of the molecule is CN[C@@H]1COC(C)[C@H](O)[C@@H]1O. The molecular formula is C7H15NO3. The van der Waals surface area contributed by atoms with Gasteiger partial charge < -0.3 is 20.3 Å². The molecule has 1 fully saturated rings. The average molecular weight is 161 g/mol. The molecule has 0 bridgehead atoms. The van der Waals surface area contributed by atoms with Crippen molar-refractivity contribution in [1.29, 1.82) is 0 Å². The van der Waals surface area contributed by atoms with Gasteiger partial charge in [-0.3, -0.25) is 0 Å². The quantitative estimate of drug-likeness (QED) is 0.448. The standard InChI is InChI=1S/C7H15NO3/c1-4-6(9)7(10)5(8-2)3-11-4/h4-10H,3H2,1-2H3/t4?,5-,6+,7-/m1/s1. The summed E-state index contributed by atoms with van der Waals surface area (Å²) in [5, 5.41) is 21.6. The second kappa shape index (κ2) is 3.49. The molecule has 66 valence electrons. The number of aliphatic hydroxyl groups excluding tert-OH is 2. The summed E-state index contributed by atoms with van der Waals surface area (Å²) >= 11 is 0. The van der Waals surface area contributed by atoms with Gasteiger partial charge in [0.2, 0.25) is 0 Å². The summed E-state index contributed by atoms with van der Waals surface area (Å²) in [7, 11) is 1.74. The number of hydrogen-bond acceptors (Lipinski definition) is 4. The monoisotopic (exact) mass is 161 g/mol. The van der Waals surface area contributed by atoms with Gasteiger partial charge in [-0.25, -0.2) is 0 Å². The molecule has 0 radical (unpaired) electrons. The summed E-state index contributed by atoms with van der Waals surface area (Å²) in [4.78, 5) is 0. The first kappa shape index (κ1) is 8.93. The van der Waals surface area contributed by atoms with Crippen LogP contribution in [-0.4, -0.2) is 48.2 Å². The van der Waals surface area contributed by atoms with Gasteiger partial charge in [-0.1, -0.05) is 0 Å². The van der Waals surface area contributed by atoms with E-state index in [1.807, 2.05) is 0 Å². The third-order valence-electron chi connectivity index (χ3n) is 2.15. The van der Waals surface area contributed by atoms with E-state index in [0.29, 0.717) is 6.61 Å². The Kier molecular flexibility index (Phi) is 2.84. The van der Waals surface area contributed by atoms with Gasteiger partial charge in [-0.2, -0.15) is 0 Å². The molecule has 0 aromatic carbocycles. The van der Waals surface area contributed by atoms with Crippen LogP contribution >= 0.6 is 0 Å². The largest absolute Gasteiger partial charge is 0.389 e. The molecule has 0 aliphatic carbocycles. The van der Waals surface area contributed by atoms with E-state index >= 15 is 0 Å². The fourth-order valence-electron chi connectivity index (χ4n) is 1.22. The van der Waals surface area contributed by atoms with Gasteiger partial charge in [-0.15, -0.1) is 0 Å². The maximum absolute atomic E-state index is 9.42. The van der Waals surface area contributed by atoms with Crippen LogP contribution in [0, 0.1) is 0 Å². The number of hydrogen-bond donors (Lipinski definition) is 3. The zero-order chi connectivity index (χ0) is 8.43. The van der Waals surface area contributed by atoms with E-state index in [-0.39, 0.29) is 12.1 Å². The summed E-state index contributed by atoms with van der Waals surface area (Å²) in [5.74, 6) is 0. The molecule has 1 rings (SSSR count). The minimum absolute atomic E-state index is 0.152. The Labute approximate surface area is 66.2 Å². The topological polar surface area (TPSA) is 61.7 Å². The Morgan fingerprint density at radius 3 is 2.55 bits per heavy atom. The number of likely N-dealkylation sites (N-methyl/N-ethyl adjacent to an activating group) is 1. The molecular weight excluding hydrogens is 146 g/mol. The lowest BCUT2D eigenvalue weighted by Gasteiger charge is -2.35. The Morgan fingerprint density at radius 2 is 2.00 bits per heavy atom. The van der Waals surface area contributed by atoms with Crippen LogP contribution in [0.3, 0.4) is 0 Å². The number of aliphatic hydroxyl groups is 2.